The summed E-state index contributed by atoms with van der Waals surface area (Å²) in [5.41, 5.74) is 0.406. The molecule has 0 aliphatic rings. The lowest BCUT2D eigenvalue weighted by atomic mass is 10.0. The van der Waals surface area contributed by atoms with Crippen LogP contribution in [0.3, 0.4) is 0 Å². The van der Waals surface area contributed by atoms with E-state index in [2.05, 4.69) is 25.5 Å². The second-order valence-corrected chi connectivity index (χ2v) is 5.00. The van der Waals surface area contributed by atoms with Gasteiger partial charge in [-0.1, -0.05) is 20.8 Å². The Balaban J connectivity index is 2.32. The lowest BCUT2D eigenvalue weighted by Crippen LogP contribution is -2.22. The number of nitrogens with one attached hydrogen (secondary N) is 1. The average Bonchev–Trinajstić information content (AvgIpc) is 2.83. The third kappa shape index (κ3) is 2.76. The third-order valence-corrected chi connectivity index (χ3v) is 3.18. The minimum atomic E-state index is -0.400. The molecule has 2 aromatic heterocycles. The van der Waals surface area contributed by atoms with Crippen molar-refractivity contribution in [2.24, 2.45) is 13.0 Å². The van der Waals surface area contributed by atoms with E-state index >= 15 is 0 Å². The van der Waals surface area contributed by atoms with Gasteiger partial charge in [0, 0.05) is 7.05 Å². The van der Waals surface area contributed by atoms with Gasteiger partial charge in [-0.15, -0.1) is 10.2 Å². The molecule has 0 fully saturated rings. The molecule has 0 spiro atoms. The quantitative estimate of drug-likeness (QED) is 0.907. The van der Waals surface area contributed by atoms with E-state index in [9.17, 15) is 4.39 Å². The summed E-state index contributed by atoms with van der Waals surface area (Å²) in [5.74, 6) is 0.759. The van der Waals surface area contributed by atoms with E-state index in [1.165, 1.54) is 6.33 Å². The Labute approximate surface area is 117 Å². The Bertz CT molecular complexity index is 580. The van der Waals surface area contributed by atoms with Gasteiger partial charge in [0.05, 0.1) is 11.7 Å². The van der Waals surface area contributed by atoms with Crippen molar-refractivity contribution in [1.29, 1.82) is 0 Å². The van der Waals surface area contributed by atoms with Crippen molar-refractivity contribution in [3.8, 4) is 0 Å². The van der Waals surface area contributed by atoms with Gasteiger partial charge in [0.1, 0.15) is 12.7 Å². The van der Waals surface area contributed by atoms with Crippen molar-refractivity contribution in [2.75, 3.05) is 5.32 Å². The molecule has 1 unspecified atom stereocenters. The molecule has 1 atom stereocenters. The van der Waals surface area contributed by atoms with Crippen LogP contribution in [0.5, 0.6) is 0 Å². The van der Waals surface area contributed by atoms with Crippen LogP contribution in [0.25, 0.3) is 0 Å². The standard InChI is InChI=1S/C13H19FN6/c1-5-9-10(14)12(16-6-15-9)18-11(8(2)3)13-19-17-7-20(13)4/h6-8,11H,5H2,1-4H3,(H,15,16,18). The second-order valence-electron chi connectivity index (χ2n) is 5.00. The summed E-state index contributed by atoms with van der Waals surface area (Å²) in [6, 6.07) is -0.170. The molecule has 6 nitrogen and oxygen atoms in total. The predicted octanol–water partition coefficient (Wildman–Crippen LogP) is 2.12. The van der Waals surface area contributed by atoms with Crippen LogP contribution in [0, 0.1) is 11.7 Å². The monoisotopic (exact) mass is 278 g/mol. The Morgan fingerprint density at radius 2 is 2.10 bits per heavy atom. The van der Waals surface area contributed by atoms with Gasteiger partial charge in [-0.3, -0.25) is 0 Å². The lowest BCUT2D eigenvalue weighted by molar-refractivity contribution is 0.498. The van der Waals surface area contributed by atoms with Crippen LogP contribution >= 0.6 is 0 Å². The molecule has 0 saturated carbocycles. The first-order valence-electron chi connectivity index (χ1n) is 6.64. The van der Waals surface area contributed by atoms with E-state index in [0.29, 0.717) is 12.1 Å². The van der Waals surface area contributed by atoms with Crippen LogP contribution < -0.4 is 5.32 Å². The Morgan fingerprint density at radius 3 is 2.65 bits per heavy atom. The SMILES string of the molecule is CCc1ncnc(NC(c2nncn2C)C(C)C)c1F. The fourth-order valence-corrected chi connectivity index (χ4v) is 2.00. The maximum atomic E-state index is 14.2. The summed E-state index contributed by atoms with van der Waals surface area (Å²) in [6.07, 6.45) is 3.53. The predicted molar refractivity (Wildman–Crippen MR) is 73.6 cm³/mol. The largest absolute Gasteiger partial charge is 0.357 e. The number of rotatable bonds is 5. The number of hydrogen-bond donors (Lipinski definition) is 1. The molecule has 2 aromatic rings. The smallest absolute Gasteiger partial charge is 0.186 e. The van der Waals surface area contributed by atoms with E-state index in [0.717, 1.165) is 5.82 Å². The molecule has 108 valence electrons. The first kappa shape index (κ1) is 14.4. The first-order valence-corrected chi connectivity index (χ1v) is 6.64. The van der Waals surface area contributed by atoms with Gasteiger partial charge in [0.15, 0.2) is 17.5 Å². The number of hydrogen-bond acceptors (Lipinski definition) is 5. The van der Waals surface area contributed by atoms with Crippen LogP contribution in [0.1, 0.15) is 38.3 Å². The van der Waals surface area contributed by atoms with Crippen LogP contribution in [-0.2, 0) is 13.5 Å². The molecule has 0 aliphatic heterocycles. The summed E-state index contributed by atoms with van der Waals surface area (Å²) in [7, 11) is 1.86. The molecule has 0 radical (unpaired) electrons. The molecule has 0 amide bonds. The molecule has 1 N–H and O–H groups in total. The molecule has 0 bridgehead atoms. The van der Waals surface area contributed by atoms with E-state index in [4.69, 9.17) is 0 Å². The molecule has 20 heavy (non-hydrogen) atoms. The van der Waals surface area contributed by atoms with Crippen molar-refractivity contribution in [3.05, 3.63) is 30.0 Å². The summed E-state index contributed by atoms with van der Waals surface area (Å²) in [4.78, 5) is 7.92. The average molecular weight is 278 g/mol. The highest BCUT2D eigenvalue weighted by atomic mass is 19.1. The van der Waals surface area contributed by atoms with Crippen molar-refractivity contribution < 1.29 is 4.39 Å². The third-order valence-electron chi connectivity index (χ3n) is 3.18. The van der Waals surface area contributed by atoms with Crippen LogP contribution in [0.4, 0.5) is 10.2 Å². The fraction of sp³-hybridized carbons (Fsp3) is 0.538. The number of aryl methyl sites for hydroxylation is 2. The van der Waals surface area contributed by atoms with Gasteiger partial charge < -0.3 is 9.88 Å². The maximum absolute atomic E-state index is 14.2. The van der Waals surface area contributed by atoms with Crippen molar-refractivity contribution in [3.63, 3.8) is 0 Å². The molecule has 0 aromatic carbocycles. The van der Waals surface area contributed by atoms with E-state index in [1.54, 1.807) is 6.33 Å². The zero-order valence-electron chi connectivity index (χ0n) is 12.1. The molecule has 0 saturated heterocycles. The second kappa shape index (κ2) is 5.94. The number of anilines is 1. The summed E-state index contributed by atoms with van der Waals surface area (Å²) < 4.78 is 16.0. The van der Waals surface area contributed by atoms with Crippen molar-refractivity contribution in [1.82, 2.24) is 24.7 Å². The lowest BCUT2D eigenvalue weighted by Gasteiger charge is -2.22. The van der Waals surface area contributed by atoms with Gasteiger partial charge >= 0.3 is 0 Å². The number of aromatic nitrogens is 5. The van der Waals surface area contributed by atoms with E-state index < -0.39 is 5.82 Å². The van der Waals surface area contributed by atoms with Crippen molar-refractivity contribution >= 4 is 5.82 Å². The van der Waals surface area contributed by atoms with Gasteiger partial charge in [0.25, 0.3) is 0 Å². The molecule has 0 aliphatic carbocycles. The topological polar surface area (TPSA) is 68.5 Å². The highest BCUT2D eigenvalue weighted by Crippen LogP contribution is 2.25. The summed E-state index contributed by atoms with van der Waals surface area (Å²) in [6.45, 7) is 5.93. The Kier molecular flexibility index (Phi) is 4.26. The zero-order chi connectivity index (χ0) is 14.7. The van der Waals surface area contributed by atoms with Crippen LogP contribution in [0.15, 0.2) is 12.7 Å². The Hall–Kier alpha value is -2.05. The number of halogens is 1. The van der Waals surface area contributed by atoms with Crippen molar-refractivity contribution in [2.45, 2.75) is 33.2 Å². The minimum Gasteiger partial charge on any atom is -0.357 e. The van der Waals surface area contributed by atoms with E-state index in [-0.39, 0.29) is 17.8 Å². The molecule has 2 heterocycles. The normalized spacial score (nSPS) is 12.7. The van der Waals surface area contributed by atoms with Gasteiger partial charge in [0.2, 0.25) is 0 Å². The van der Waals surface area contributed by atoms with Gasteiger partial charge in [-0.2, -0.15) is 0 Å². The molecule has 2 rings (SSSR count). The molecule has 7 heteroatoms. The number of nitrogens with zero attached hydrogens (tertiary/aromatic N) is 5. The molecular weight excluding hydrogens is 259 g/mol. The van der Waals surface area contributed by atoms with E-state index in [1.807, 2.05) is 32.4 Å². The molecular formula is C13H19FN6. The fourth-order valence-electron chi connectivity index (χ4n) is 2.00. The maximum Gasteiger partial charge on any atom is 0.186 e. The van der Waals surface area contributed by atoms with Crippen LogP contribution in [0.2, 0.25) is 0 Å². The highest BCUT2D eigenvalue weighted by molar-refractivity contribution is 5.39. The summed E-state index contributed by atoms with van der Waals surface area (Å²) >= 11 is 0. The van der Waals surface area contributed by atoms with Crippen LogP contribution in [-0.4, -0.2) is 24.7 Å². The van der Waals surface area contributed by atoms with Gasteiger partial charge in [-0.25, -0.2) is 14.4 Å². The highest BCUT2D eigenvalue weighted by Gasteiger charge is 2.23. The van der Waals surface area contributed by atoms with Gasteiger partial charge in [-0.05, 0) is 12.3 Å². The summed E-state index contributed by atoms with van der Waals surface area (Å²) in [5, 5.41) is 11.1. The zero-order valence-corrected chi connectivity index (χ0v) is 12.1. The first-order chi connectivity index (χ1) is 9.54. The Morgan fingerprint density at radius 1 is 1.35 bits per heavy atom. The minimum absolute atomic E-state index is 0.170.